The lowest BCUT2D eigenvalue weighted by molar-refractivity contribution is -0.111. The zero-order valence-electron chi connectivity index (χ0n) is 16.0. The Morgan fingerprint density at radius 1 is 1.08 bits per heavy atom. The molecule has 1 aromatic heterocycles. The number of hydrogen-bond acceptors (Lipinski definition) is 5. The highest BCUT2D eigenvalue weighted by atomic mass is 16.5. The van der Waals surface area contributed by atoms with Crippen LogP contribution in [-0.4, -0.2) is 60.9 Å². The summed E-state index contributed by atoms with van der Waals surface area (Å²) in [6.07, 6.45) is 9.98. The quantitative estimate of drug-likeness (QED) is 0.846. The summed E-state index contributed by atoms with van der Waals surface area (Å²) < 4.78 is 12.3. The van der Waals surface area contributed by atoms with Gasteiger partial charge in [-0.2, -0.15) is 0 Å². The van der Waals surface area contributed by atoms with Crippen LogP contribution in [0.4, 0.5) is 0 Å². The highest BCUT2D eigenvalue weighted by Crippen LogP contribution is 2.30. The van der Waals surface area contributed by atoms with Crippen molar-refractivity contribution in [1.82, 2.24) is 15.2 Å². The van der Waals surface area contributed by atoms with E-state index >= 15 is 0 Å². The number of nitrogens with zero attached hydrogens (tertiary/aromatic N) is 2. The molecular weight excluding hydrogens is 326 g/mol. The summed E-state index contributed by atoms with van der Waals surface area (Å²) in [7, 11) is 0. The fourth-order valence-electron chi connectivity index (χ4n) is 4.40. The molecule has 0 amide bonds. The maximum Gasteiger partial charge on any atom is 0.213 e. The SMILES string of the molecule is Cc1ccnc(OC2CC(OC3CCN(CC4CCNCC4)CC3)C2)c1. The molecule has 0 radical (unpaired) electrons. The molecule has 5 nitrogen and oxygen atoms in total. The minimum absolute atomic E-state index is 0.273. The third-order valence-electron chi connectivity index (χ3n) is 6.12. The van der Waals surface area contributed by atoms with Gasteiger partial charge >= 0.3 is 0 Å². The van der Waals surface area contributed by atoms with Gasteiger partial charge in [-0.1, -0.05) is 0 Å². The van der Waals surface area contributed by atoms with Crippen LogP contribution in [0.25, 0.3) is 0 Å². The lowest BCUT2D eigenvalue weighted by Crippen LogP contribution is -2.45. The largest absolute Gasteiger partial charge is 0.474 e. The Morgan fingerprint density at radius 3 is 2.58 bits per heavy atom. The van der Waals surface area contributed by atoms with Crippen molar-refractivity contribution in [2.75, 3.05) is 32.7 Å². The Bertz CT molecular complexity index is 562. The Kier molecular flexibility index (Phi) is 6.08. The van der Waals surface area contributed by atoms with Crippen LogP contribution in [0.2, 0.25) is 0 Å². The molecule has 26 heavy (non-hydrogen) atoms. The van der Waals surface area contributed by atoms with Gasteiger partial charge in [-0.15, -0.1) is 0 Å². The van der Waals surface area contributed by atoms with Crippen molar-refractivity contribution in [3.63, 3.8) is 0 Å². The highest BCUT2D eigenvalue weighted by Gasteiger charge is 2.34. The van der Waals surface area contributed by atoms with E-state index in [0.717, 1.165) is 24.6 Å². The molecule has 144 valence electrons. The van der Waals surface area contributed by atoms with Crippen molar-refractivity contribution in [1.29, 1.82) is 0 Å². The van der Waals surface area contributed by atoms with Crippen LogP contribution < -0.4 is 10.1 Å². The molecule has 3 aliphatic rings. The van der Waals surface area contributed by atoms with E-state index in [2.05, 4.69) is 22.1 Å². The smallest absolute Gasteiger partial charge is 0.213 e. The normalized spacial score (nSPS) is 28.7. The van der Waals surface area contributed by atoms with Gasteiger partial charge in [0.1, 0.15) is 6.10 Å². The molecule has 0 aromatic carbocycles. The highest BCUT2D eigenvalue weighted by molar-refractivity contribution is 5.19. The van der Waals surface area contributed by atoms with Crippen molar-refractivity contribution in [2.45, 2.75) is 63.8 Å². The van der Waals surface area contributed by atoms with Gasteiger partial charge in [-0.3, -0.25) is 0 Å². The van der Waals surface area contributed by atoms with Gasteiger partial charge in [0.15, 0.2) is 0 Å². The third kappa shape index (κ3) is 4.96. The van der Waals surface area contributed by atoms with Gasteiger partial charge in [0.2, 0.25) is 5.88 Å². The van der Waals surface area contributed by atoms with E-state index in [0.29, 0.717) is 12.2 Å². The second-order valence-electron chi connectivity index (χ2n) is 8.33. The Morgan fingerprint density at radius 2 is 1.85 bits per heavy atom. The van der Waals surface area contributed by atoms with E-state index in [4.69, 9.17) is 9.47 Å². The predicted octanol–water partition coefficient (Wildman–Crippen LogP) is 2.78. The summed E-state index contributed by atoms with van der Waals surface area (Å²) >= 11 is 0. The maximum atomic E-state index is 6.32. The molecule has 1 N–H and O–H groups in total. The van der Waals surface area contributed by atoms with Crippen LogP contribution >= 0.6 is 0 Å². The van der Waals surface area contributed by atoms with Crippen molar-refractivity contribution >= 4 is 0 Å². The molecule has 3 heterocycles. The molecule has 1 aromatic rings. The molecule has 5 heteroatoms. The average molecular weight is 360 g/mol. The standard InChI is InChI=1S/C21H33N3O2/c1-16-2-9-23-21(12-16)26-20-13-19(14-20)25-18-5-10-24(11-6-18)15-17-3-7-22-8-4-17/h2,9,12,17-20,22H,3-8,10-11,13-15H2,1H3. The first-order chi connectivity index (χ1) is 12.7. The van der Waals surface area contributed by atoms with Crippen molar-refractivity contribution in [3.8, 4) is 5.88 Å². The molecule has 0 atom stereocenters. The minimum Gasteiger partial charge on any atom is -0.474 e. The molecule has 1 saturated carbocycles. The van der Waals surface area contributed by atoms with E-state index in [1.807, 2.05) is 18.3 Å². The Balaban J connectivity index is 1.11. The van der Waals surface area contributed by atoms with Crippen LogP contribution in [0.5, 0.6) is 5.88 Å². The maximum absolute atomic E-state index is 6.32. The summed E-state index contributed by atoms with van der Waals surface area (Å²) in [6, 6.07) is 4.00. The molecule has 3 fully saturated rings. The van der Waals surface area contributed by atoms with E-state index < -0.39 is 0 Å². The number of nitrogens with one attached hydrogen (secondary N) is 1. The first-order valence-electron chi connectivity index (χ1n) is 10.4. The third-order valence-corrected chi connectivity index (χ3v) is 6.12. The zero-order chi connectivity index (χ0) is 17.8. The predicted molar refractivity (Wildman–Crippen MR) is 103 cm³/mol. The van der Waals surface area contributed by atoms with Crippen LogP contribution in [0.15, 0.2) is 18.3 Å². The molecule has 1 aliphatic carbocycles. The molecule has 0 spiro atoms. The molecular formula is C21H33N3O2. The number of piperidine rings is 2. The Hall–Kier alpha value is -1.17. The number of hydrogen-bond donors (Lipinski definition) is 1. The van der Waals surface area contributed by atoms with Crippen LogP contribution in [0, 0.1) is 12.8 Å². The van der Waals surface area contributed by atoms with E-state index in [1.165, 1.54) is 64.0 Å². The first kappa shape index (κ1) is 18.2. The summed E-state index contributed by atoms with van der Waals surface area (Å²) in [5.41, 5.74) is 1.19. The van der Waals surface area contributed by atoms with Crippen LogP contribution in [-0.2, 0) is 4.74 Å². The van der Waals surface area contributed by atoms with Crippen LogP contribution in [0.3, 0.4) is 0 Å². The number of ether oxygens (including phenoxy) is 2. The van der Waals surface area contributed by atoms with Gasteiger partial charge in [-0.25, -0.2) is 4.98 Å². The van der Waals surface area contributed by atoms with E-state index in [-0.39, 0.29) is 6.10 Å². The summed E-state index contributed by atoms with van der Waals surface area (Å²) in [4.78, 5) is 6.94. The fraction of sp³-hybridized carbons (Fsp3) is 0.762. The van der Waals surface area contributed by atoms with Crippen molar-refractivity contribution in [2.24, 2.45) is 5.92 Å². The van der Waals surface area contributed by atoms with Crippen molar-refractivity contribution in [3.05, 3.63) is 23.9 Å². The number of likely N-dealkylation sites (tertiary alicyclic amines) is 1. The molecule has 2 aliphatic heterocycles. The number of rotatable bonds is 6. The van der Waals surface area contributed by atoms with Gasteiger partial charge in [0.05, 0.1) is 12.2 Å². The summed E-state index contributed by atoms with van der Waals surface area (Å²) in [5.74, 6) is 1.65. The molecule has 2 saturated heterocycles. The number of aromatic nitrogens is 1. The fourth-order valence-corrected chi connectivity index (χ4v) is 4.40. The van der Waals surface area contributed by atoms with Gasteiger partial charge < -0.3 is 19.7 Å². The minimum atomic E-state index is 0.273. The summed E-state index contributed by atoms with van der Waals surface area (Å²) in [6.45, 7) is 8.17. The lowest BCUT2D eigenvalue weighted by atomic mass is 9.91. The van der Waals surface area contributed by atoms with Gasteiger partial charge in [-0.05, 0) is 63.2 Å². The first-order valence-corrected chi connectivity index (χ1v) is 10.4. The van der Waals surface area contributed by atoms with Gasteiger partial charge in [0, 0.05) is 44.7 Å². The molecule has 4 rings (SSSR count). The average Bonchev–Trinajstić information content (AvgIpc) is 2.62. The second kappa shape index (κ2) is 8.68. The van der Waals surface area contributed by atoms with E-state index in [9.17, 15) is 0 Å². The lowest BCUT2D eigenvalue weighted by Gasteiger charge is -2.40. The number of aryl methyl sites for hydroxylation is 1. The van der Waals surface area contributed by atoms with Crippen LogP contribution in [0.1, 0.15) is 44.1 Å². The number of pyridine rings is 1. The summed E-state index contributed by atoms with van der Waals surface area (Å²) in [5, 5.41) is 3.46. The zero-order valence-corrected chi connectivity index (χ0v) is 16.0. The second-order valence-corrected chi connectivity index (χ2v) is 8.33. The molecule has 0 bridgehead atoms. The topological polar surface area (TPSA) is 46.6 Å². The monoisotopic (exact) mass is 359 g/mol. The Labute approximate surface area is 157 Å². The molecule has 0 unspecified atom stereocenters. The van der Waals surface area contributed by atoms with Crippen molar-refractivity contribution < 1.29 is 9.47 Å². The van der Waals surface area contributed by atoms with E-state index in [1.54, 1.807) is 0 Å². The van der Waals surface area contributed by atoms with Gasteiger partial charge in [0.25, 0.3) is 0 Å².